The van der Waals surface area contributed by atoms with Crippen molar-refractivity contribution in [2.45, 2.75) is 13.0 Å². The molecule has 0 aliphatic heterocycles. The molecule has 3 nitrogen and oxygen atoms in total. The second-order valence-corrected chi connectivity index (χ2v) is 4.49. The van der Waals surface area contributed by atoms with E-state index in [1.165, 1.54) is 0 Å². The van der Waals surface area contributed by atoms with Crippen molar-refractivity contribution in [1.82, 2.24) is 0 Å². The molecule has 2 aromatic carbocycles. The number of nitriles is 1. The monoisotopic (exact) mass is 252 g/mol. The largest absolute Gasteiger partial charge is 0.389 e. The maximum atomic E-state index is 9.49. The molecule has 0 amide bonds. The molecule has 0 spiro atoms. The predicted molar refractivity (Wildman–Crippen MR) is 76.3 cm³/mol. The average molecular weight is 252 g/mol. The van der Waals surface area contributed by atoms with Crippen molar-refractivity contribution in [2.75, 3.05) is 11.9 Å². The summed E-state index contributed by atoms with van der Waals surface area (Å²) in [6.07, 6.45) is -0.457. The zero-order chi connectivity index (χ0) is 13.8. The van der Waals surface area contributed by atoms with Crippen molar-refractivity contribution in [3.05, 3.63) is 59.7 Å². The normalized spacial score (nSPS) is 11.7. The third-order valence-corrected chi connectivity index (χ3v) is 3.13. The zero-order valence-corrected chi connectivity index (χ0v) is 11.0. The second kappa shape index (κ2) is 5.55. The van der Waals surface area contributed by atoms with Crippen molar-refractivity contribution >= 4 is 11.4 Å². The van der Waals surface area contributed by atoms with Gasteiger partial charge < -0.3 is 10.0 Å². The topological polar surface area (TPSA) is 47.3 Å². The number of aliphatic hydroxyl groups is 1. The van der Waals surface area contributed by atoms with Crippen LogP contribution < -0.4 is 4.90 Å². The first-order valence-electron chi connectivity index (χ1n) is 6.13. The molecule has 1 atom stereocenters. The number of benzene rings is 2. The highest BCUT2D eigenvalue weighted by Gasteiger charge is 2.06. The van der Waals surface area contributed by atoms with E-state index in [4.69, 9.17) is 5.26 Å². The lowest BCUT2D eigenvalue weighted by Crippen LogP contribution is -2.09. The van der Waals surface area contributed by atoms with Crippen LogP contribution in [0.4, 0.5) is 11.4 Å². The Hall–Kier alpha value is -2.31. The van der Waals surface area contributed by atoms with Crippen LogP contribution in [0.2, 0.25) is 0 Å². The summed E-state index contributed by atoms with van der Waals surface area (Å²) < 4.78 is 0. The van der Waals surface area contributed by atoms with Gasteiger partial charge in [0.1, 0.15) is 0 Å². The predicted octanol–water partition coefficient (Wildman–Crippen LogP) is 3.38. The molecule has 0 radical (unpaired) electrons. The lowest BCUT2D eigenvalue weighted by Gasteiger charge is -2.20. The molecule has 0 aromatic heterocycles. The van der Waals surface area contributed by atoms with E-state index >= 15 is 0 Å². The summed E-state index contributed by atoms with van der Waals surface area (Å²) in [5.74, 6) is 0. The summed E-state index contributed by atoms with van der Waals surface area (Å²) in [5, 5.41) is 18.4. The van der Waals surface area contributed by atoms with Gasteiger partial charge in [0.15, 0.2) is 0 Å². The lowest BCUT2D eigenvalue weighted by atomic mass is 10.1. The fourth-order valence-corrected chi connectivity index (χ4v) is 1.91. The van der Waals surface area contributed by atoms with Gasteiger partial charge in [0.25, 0.3) is 0 Å². The minimum atomic E-state index is -0.457. The van der Waals surface area contributed by atoms with Gasteiger partial charge in [-0.1, -0.05) is 18.2 Å². The number of hydrogen-bond donors (Lipinski definition) is 1. The van der Waals surface area contributed by atoms with Gasteiger partial charge in [-0.2, -0.15) is 5.26 Å². The van der Waals surface area contributed by atoms with Crippen LogP contribution in [-0.4, -0.2) is 12.2 Å². The summed E-state index contributed by atoms with van der Waals surface area (Å²) in [4.78, 5) is 2.01. The minimum Gasteiger partial charge on any atom is -0.389 e. The van der Waals surface area contributed by atoms with Crippen LogP contribution in [-0.2, 0) is 0 Å². The SMILES string of the molecule is C[C@H](O)c1ccc(N(C)c2cccc(C#N)c2)cc1. The van der Waals surface area contributed by atoms with Crippen LogP contribution in [0.5, 0.6) is 0 Å². The van der Waals surface area contributed by atoms with E-state index in [-0.39, 0.29) is 0 Å². The zero-order valence-electron chi connectivity index (χ0n) is 11.0. The number of hydrogen-bond acceptors (Lipinski definition) is 3. The Morgan fingerprint density at radius 2 is 1.79 bits per heavy atom. The molecule has 0 unspecified atom stereocenters. The summed E-state index contributed by atoms with van der Waals surface area (Å²) in [5.41, 5.74) is 3.51. The maximum absolute atomic E-state index is 9.49. The van der Waals surface area contributed by atoms with E-state index in [0.29, 0.717) is 5.56 Å². The maximum Gasteiger partial charge on any atom is 0.0992 e. The molecule has 19 heavy (non-hydrogen) atoms. The van der Waals surface area contributed by atoms with Crippen LogP contribution in [0.15, 0.2) is 48.5 Å². The van der Waals surface area contributed by atoms with Crippen molar-refractivity contribution < 1.29 is 5.11 Å². The number of nitrogens with zero attached hydrogens (tertiary/aromatic N) is 2. The molecular weight excluding hydrogens is 236 g/mol. The number of rotatable bonds is 3. The molecule has 0 aliphatic rings. The first-order chi connectivity index (χ1) is 9.11. The Morgan fingerprint density at radius 1 is 1.11 bits per heavy atom. The molecule has 2 aromatic rings. The molecule has 0 saturated carbocycles. The fourth-order valence-electron chi connectivity index (χ4n) is 1.91. The smallest absolute Gasteiger partial charge is 0.0992 e. The highest BCUT2D eigenvalue weighted by atomic mass is 16.3. The highest BCUT2D eigenvalue weighted by molar-refractivity contribution is 5.64. The van der Waals surface area contributed by atoms with Crippen molar-refractivity contribution in [3.63, 3.8) is 0 Å². The van der Waals surface area contributed by atoms with Crippen LogP contribution >= 0.6 is 0 Å². The molecule has 0 aliphatic carbocycles. The van der Waals surface area contributed by atoms with Crippen LogP contribution in [0.25, 0.3) is 0 Å². The van der Waals surface area contributed by atoms with Gasteiger partial charge in [-0.05, 0) is 42.8 Å². The molecule has 0 saturated heterocycles. The van der Waals surface area contributed by atoms with E-state index < -0.39 is 6.10 Å². The van der Waals surface area contributed by atoms with E-state index in [2.05, 4.69) is 6.07 Å². The first-order valence-corrected chi connectivity index (χ1v) is 6.13. The molecule has 0 bridgehead atoms. The van der Waals surface area contributed by atoms with Crippen LogP contribution in [0.3, 0.4) is 0 Å². The molecular formula is C16H16N2O. The van der Waals surface area contributed by atoms with E-state index in [0.717, 1.165) is 16.9 Å². The number of aliphatic hydroxyl groups excluding tert-OH is 1. The standard InChI is InChI=1S/C16H16N2O/c1-12(19)14-6-8-15(9-7-14)18(2)16-5-3-4-13(10-16)11-17/h3-10,12,19H,1-2H3/t12-/m0/s1. The molecule has 1 N–H and O–H groups in total. The first kappa shape index (κ1) is 13.1. The molecule has 2 rings (SSSR count). The van der Waals surface area contributed by atoms with Gasteiger partial charge >= 0.3 is 0 Å². The van der Waals surface area contributed by atoms with Gasteiger partial charge in [0, 0.05) is 18.4 Å². The summed E-state index contributed by atoms with van der Waals surface area (Å²) >= 11 is 0. The lowest BCUT2D eigenvalue weighted by molar-refractivity contribution is 0.199. The van der Waals surface area contributed by atoms with Crippen molar-refractivity contribution in [2.24, 2.45) is 0 Å². The van der Waals surface area contributed by atoms with E-state index in [9.17, 15) is 5.11 Å². The molecule has 0 heterocycles. The summed E-state index contributed by atoms with van der Waals surface area (Å²) in [7, 11) is 1.95. The third-order valence-electron chi connectivity index (χ3n) is 3.13. The van der Waals surface area contributed by atoms with Crippen molar-refractivity contribution in [1.29, 1.82) is 5.26 Å². The van der Waals surface area contributed by atoms with Gasteiger partial charge in [-0.25, -0.2) is 0 Å². The van der Waals surface area contributed by atoms with Gasteiger partial charge in [0.05, 0.1) is 17.7 Å². The highest BCUT2D eigenvalue weighted by Crippen LogP contribution is 2.25. The van der Waals surface area contributed by atoms with Crippen LogP contribution in [0, 0.1) is 11.3 Å². The second-order valence-electron chi connectivity index (χ2n) is 4.49. The fraction of sp³-hybridized carbons (Fsp3) is 0.188. The quantitative estimate of drug-likeness (QED) is 0.911. The summed E-state index contributed by atoms with van der Waals surface area (Å²) in [6, 6.07) is 17.3. The Kier molecular flexibility index (Phi) is 3.84. The Bertz CT molecular complexity index is 597. The van der Waals surface area contributed by atoms with E-state index in [1.54, 1.807) is 13.0 Å². The summed E-state index contributed by atoms with van der Waals surface area (Å²) in [6.45, 7) is 1.75. The number of anilines is 2. The molecule has 96 valence electrons. The van der Waals surface area contributed by atoms with Gasteiger partial charge in [0.2, 0.25) is 0 Å². The van der Waals surface area contributed by atoms with Crippen molar-refractivity contribution in [3.8, 4) is 6.07 Å². The van der Waals surface area contributed by atoms with Crippen LogP contribution in [0.1, 0.15) is 24.2 Å². The van der Waals surface area contributed by atoms with Gasteiger partial charge in [-0.15, -0.1) is 0 Å². The average Bonchev–Trinajstić information content (AvgIpc) is 2.46. The van der Waals surface area contributed by atoms with Gasteiger partial charge in [-0.3, -0.25) is 0 Å². The Morgan fingerprint density at radius 3 is 2.37 bits per heavy atom. The Balaban J connectivity index is 2.28. The molecule has 0 fully saturated rings. The molecule has 3 heteroatoms. The van der Waals surface area contributed by atoms with E-state index in [1.807, 2.05) is 54.4 Å². The Labute approximate surface area is 113 Å². The minimum absolute atomic E-state index is 0.457. The third kappa shape index (κ3) is 2.93.